The molecule has 3 aromatic carbocycles. The van der Waals surface area contributed by atoms with E-state index in [2.05, 4.69) is 10.1 Å². The van der Waals surface area contributed by atoms with E-state index in [-0.39, 0.29) is 16.8 Å². The Morgan fingerprint density at radius 2 is 1.74 bits per heavy atom. The van der Waals surface area contributed by atoms with Crippen LogP contribution in [0.25, 0.3) is 22.8 Å². The molecule has 1 aromatic heterocycles. The smallest absolute Gasteiger partial charge is 0.264 e. The van der Waals surface area contributed by atoms with Gasteiger partial charge in [-0.1, -0.05) is 59.3 Å². The highest BCUT2D eigenvalue weighted by Crippen LogP contribution is 2.37. The zero-order valence-electron chi connectivity index (χ0n) is 17.2. The summed E-state index contributed by atoms with van der Waals surface area (Å²) >= 11 is 0. The number of benzene rings is 3. The molecule has 4 aromatic rings. The van der Waals surface area contributed by atoms with Gasteiger partial charge in [-0.25, -0.2) is 8.42 Å². The van der Waals surface area contributed by atoms with Gasteiger partial charge in [0, 0.05) is 17.2 Å². The lowest BCUT2D eigenvalue weighted by molar-refractivity contribution is 0.432. The number of nitrogens with zero attached hydrogens (tertiary/aromatic N) is 3. The van der Waals surface area contributed by atoms with Crippen LogP contribution in [0.3, 0.4) is 0 Å². The van der Waals surface area contributed by atoms with Crippen LogP contribution in [0, 0.1) is 6.92 Å². The number of para-hydroxylation sites is 1. The highest BCUT2D eigenvalue weighted by molar-refractivity contribution is 7.92. The first kappa shape index (κ1) is 19.5. The van der Waals surface area contributed by atoms with Crippen LogP contribution >= 0.6 is 0 Å². The van der Waals surface area contributed by atoms with E-state index >= 15 is 0 Å². The minimum Gasteiger partial charge on any atom is -0.334 e. The van der Waals surface area contributed by atoms with E-state index < -0.39 is 10.0 Å². The summed E-state index contributed by atoms with van der Waals surface area (Å²) in [4.78, 5) is 4.66. The van der Waals surface area contributed by atoms with Crippen LogP contribution in [0.1, 0.15) is 18.1 Å². The minimum atomic E-state index is -3.74. The molecule has 0 amide bonds. The van der Waals surface area contributed by atoms with Crippen LogP contribution in [-0.2, 0) is 16.4 Å². The largest absolute Gasteiger partial charge is 0.334 e. The normalized spacial score (nSPS) is 15.8. The summed E-state index contributed by atoms with van der Waals surface area (Å²) in [5.74, 6) is 0.743. The Balaban J connectivity index is 1.51. The average molecular weight is 432 g/mol. The summed E-state index contributed by atoms with van der Waals surface area (Å²) in [5.41, 5.74) is 4.32. The molecule has 0 bridgehead atoms. The first-order valence-corrected chi connectivity index (χ1v) is 11.5. The number of sulfonamides is 1. The second-order valence-electron chi connectivity index (χ2n) is 7.80. The second kappa shape index (κ2) is 7.35. The van der Waals surface area contributed by atoms with E-state index in [1.807, 2.05) is 62.4 Å². The Labute approximate surface area is 181 Å². The fraction of sp³-hybridized carbons (Fsp3) is 0.167. The van der Waals surface area contributed by atoms with Crippen molar-refractivity contribution in [3.8, 4) is 22.8 Å². The van der Waals surface area contributed by atoms with Crippen molar-refractivity contribution >= 4 is 15.7 Å². The lowest BCUT2D eigenvalue weighted by Crippen LogP contribution is -2.35. The zero-order valence-corrected chi connectivity index (χ0v) is 18.0. The molecule has 1 aliphatic rings. The van der Waals surface area contributed by atoms with E-state index in [4.69, 9.17) is 4.52 Å². The van der Waals surface area contributed by atoms with Crippen molar-refractivity contribution in [2.45, 2.75) is 31.2 Å². The van der Waals surface area contributed by atoms with E-state index in [0.29, 0.717) is 17.8 Å². The Hall–Kier alpha value is -3.45. The third-order valence-electron chi connectivity index (χ3n) is 5.52. The van der Waals surface area contributed by atoms with Gasteiger partial charge in [0.15, 0.2) is 0 Å². The zero-order chi connectivity index (χ0) is 21.6. The quantitative estimate of drug-likeness (QED) is 0.462. The van der Waals surface area contributed by atoms with Gasteiger partial charge in [-0.3, -0.25) is 4.31 Å². The molecule has 156 valence electrons. The number of aryl methyl sites for hydroxylation is 1. The lowest BCUT2D eigenvalue weighted by Gasteiger charge is -2.24. The molecule has 0 spiro atoms. The maximum Gasteiger partial charge on any atom is 0.264 e. The third kappa shape index (κ3) is 3.41. The Bertz CT molecular complexity index is 1360. The molecule has 5 rings (SSSR count). The molecule has 2 heterocycles. The van der Waals surface area contributed by atoms with Gasteiger partial charge in [-0.2, -0.15) is 4.98 Å². The topological polar surface area (TPSA) is 76.3 Å². The van der Waals surface area contributed by atoms with Crippen LogP contribution in [0.15, 0.2) is 82.2 Å². The highest BCUT2D eigenvalue weighted by atomic mass is 32.2. The summed E-state index contributed by atoms with van der Waals surface area (Å²) < 4.78 is 34.0. The number of fused-ring (bicyclic) bond motifs is 1. The summed E-state index contributed by atoms with van der Waals surface area (Å²) in [6.45, 7) is 3.93. The van der Waals surface area contributed by atoms with E-state index in [0.717, 1.165) is 22.4 Å². The van der Waals surface area contributed by atoms with E-state index in [1.54, 1.807) is 24.3 Å². The second-order valence-corrected chi connectivity index (χ2v) is 9.61. The molecule has 7 heteroatoms. The molecule has 6 nitrogen and oxygen atoms in total. The molecular weight excluding hydrogens is 410 g/mol. The molecule has 1 atom stereocenters. The van der Waals surface area contributed by atoms with Gasteiger partial charge in [-0.15, -0.1) is 0 Å². The van der Waals surface area contributed by atoms with Gasteiger partial charge in [0.1, 0.15) is 0 Å². The van der Waals surface area contributed by atoms with Crippen LogP contribution in [0.5, 0.6) is 0 Å². The molecule has 0 radical (unpaired) electrons. The molecular formula is C24H21N3O3S. The van der Waals surface area contributed by atoms with Crippen molar-refractivity contribution < 1.29 is 12.9 Å². The number of hydrogen-bond acceptors (Lipinski definition) is 5. The third-order valence-corrected chi connectivity index (χ3v) is 7.44. The maximum atomic E-state index is 13.5. The van der Waals surface area contributed by atoms with Crippen LogP contribution in [0.2, 0.25) is 0 Å². The number of anilines is 1. The molecule has 0 fully saturated rings. The van der Waals surface area contributed by atoms with Crippen molar-refractivity contribution in [2.24, 2.45) is 0 Å². The van der Waals surface area contributed by atoms with Gasteiger partial charge < -0.3 is 4.52 Å². The van der Waals surface area contributed by atoms with Crippen molar-refractivity contribution in [1.29, 1.82) is 0 Å². The fourth-order valence-corrected chi connectivity index (χ4v) is 5.71. The SMILES string of the molecule is Cc1ccc(-c2noc(-c3cccc(S(=O)(=O)N4c5ccccc5C[C@@H]4C)c3)n2)cc1. The van der Waals surface area contributed by atoms with Gasteiger partial charge in [0.2, 0.25) is 5.82 Å². The van der Waals surface area contributed by atoms with Crippen LogP contribution in [-0.4, -0.2) is 24.6 Å². The number of rotatable bonds is 4. The van der Waals surface area contributed by atoms with Gasteiger partial charge >= 0.3 is 0 Å². The van der Waals surface area contributed by atoms with E-state index in [1.165, 1.54) is 4.31 Å². The predicted molar refractivity (Wildman–Crippen MR) is 119 cm³/mol. The molecule has 0 N–H and O–H groups in total. The van der Waals surface area contributed by atoms with Gasteiger partial charge in [0.25, 0.3) is 15.9 Å². The standard InChI is InChI=1S/C24H21N3O3S/c1-16-10-12-18(13-11-16)23-25-24(30-26-23)20-7-5-8-21(15-20)31(28,29)27-17(2)14-19-6-3-4-9-22(19)27/h3-13,15,17H,14H2,1-2H3/t17-/m0/s1. The minimum absolute atomic E-state index is 0.150. The molecule has 0 saturated carbocycles. The predicted octanol–water partition coefficient (Wildman–Crippen LogP) is 4.85. The first-order chi connectivity index (χ1) is 14.9. The summed E-state index contributed by atoms with van der Waals surface area (Å²) in [6.07, 6.45) is 0.693. The van der Waals surface area contributed by atoms with Gasteiger partial charge in [-0.05, 0) is 50.1 Å². The molecule has 31 heavy (non-hydrogen) atoms. The average Bonchev–Trinajstić information content (AvgIpc) is 3.39. The van der Waals surface area contributed by atoms with Gasteiger partial charge in [0.05, 0.1) is 10.6 Å². The summed E-state index contributed by atoms with van der Waals surface area (Å²) in [7, 11) is -3.74. The van der Waals surface area contributed by atoms with Crippen molar-refractivity contribution in [2.75, 3.05) is 4.31 Å². The van der Waals surface area contributed by atoms with Crippen molar-refractivity contribution in [1.82, 2.24) is 10.1 Å². The summed E-state index contributed by atoms with van der Waals surface area (Å²) in [5, 5.41) is 4.06. The molecule has 0 unspecified atom stereocenters. The molecule has 1 aliphatic heterocycles. The summed E-state index contributed by atoms with van der Waals surface area (Å²) in [6, 6.07) is 22.0. The Kier molecular flexibility index (Phi) is 4.63. The maximum absolute atomic E-state index is 13.5. The Morgan fingerprint density at radius 1 is 0.968 bits per heavy atom. The highest BCUT2D eigenvalue weighted by Gasteiger charge is 2.36. The van der Waals surface area contributed by atoms with Crippen molar-refractivity contribution in [3.63, 3.8) is 0 Å². The Morgan fingerprint density at radius 3 is 2.55 bits per heavy atom. The van der Waals surface area contributed by atoms with Crippen LogP contribution < -0.4 is 4.31 Å². The lowest BCUT2D eigenvalue weighted by atomic mass is 10.1. The first-order valence-electron chi connectivity index (χ1n) is 10.1. The molecule has 0 saturated heterocycles. The number of hydrogen-bond donors (Lipinski definition) is 0. The number of aromatic nitrogens is 2. The van der Waals surface area contributed by atoms with Crippen molar-refractivity contribution in [3.05, 3.63) is 83.9 Å². The fourth-order valence-electron chi connectivity index (χ4n) is 3.97. The van der Waals surface area contributed by atoms with Crippen LogP contribution in [0.4, 0.5) is 5.69 Å². The monoisotopic (exact) mass is 431 g/mol. The molecule has 0 aliphatic carbocycles. The van der Waals surface area contributed by atoms with E-state index in [9.17, 15) is 8.42 Å².